The molecule has 0 saturated carbocycles. The molecule has 0 unspecified atom stereocenters. The van der Waals surface area contributed by atoms with Gasteiger partial charge < -0.3 is 4.90 Å². The third kappa shape index (κ3) is 4.50. The zero-order chi connectivity index (χ0) is 22.9. The number of aromatic amines is 1. The predicted molar refractivity (Wildman–Crippen MR) is 135 cm³/mol. The molecule has 8 heteroatoms. The molecule has 0 bridgehead atoms. The lowest BCUT2D eigenvalue weighted by Gasteiger charge is -2.31. The lowest BCUT2D eigenvalue weighted by molar-refractivity contribution is -0.131. The first kappa shape index (κ1) is 22.0. The monoisotopic (exact) mass is 522 g/mol. The highest BCUT2D eigenvalue weighted by Gasteiger charge is 2.27. The number of piperidine rings is 1. The van der Waals surface area contributed by atoms with Crippen molar-refractivity contribution in [3.05, 3.63) is 78.9 Å². The molecule has 2 aromatic carbocycles. The number of hydrogen-bond donors (Lipinski definition) is 1. The first-order valence-corrected chi connectivity index (χ1v) is 12.6. The summed E-state index contributed by atoms with van der Waals surface area (Å²) in [5.74, 6) is 0.415. The van der Waals surface area contributed by atoms with Crippen LogP contribution in [-0.2, 0) is 11.2 Å². The first-order valence-electron chi connectivity index (χ1n) is 11.0. The second kappa shape index (κ2) is 9.19. The Bertz CT molecular complexity index is 1370. The molecular weight excluding hydrogens is 500 g/mol. The number of aromatic nitrogens is 3. The van der Waals surface area contributed by atoms with E-state index in [9.17, 15) is 9.59 Å². The first-order chi connectivity index (χ1) is 16.0. The van der Waals surface area contributed by atoms with Gasteiger partial charge in [-0.25, -0.2) is 10.1 Å². The van der Waals surface area contributed by atoms with E-state index in [0.29, 0.717) is 30.1 Å². The number of carbonyl (C=O) groups is 1. The number of halogens is 1. The molecule has 4 aromatic rings. The summed E-state index contributed by atoms with van der Waals surface area (Å²) in [6, 6.07) is 15.5. The fraction of sp³-hybridized carbons (Fsp3) is 0.280. The molecule has 1 aliphatic heterocycles. The number of carbonyl (C=O) groups excluding carboxylic acids is 1. The van der Waals surface area contributed by atoms with Gasteiger partial charge in [-0.2, -0.15) is 5.10 Å². The van der Waals surface area contributed by atoms with Crippen molar-refractivity contribution >= 4 is 43.9 Å². The summed E-state index contributed by atoms with van der Waals surface area (Å²) >= 11 is 5.25. The van der Waals surface area contributed by atoms with Crippen LogP contribution >= 0.6 is 27.3 Å². The van der Waals surface area contributed by atoms with E-state index in [1.54, 1.807) is 17.4 Å². The molecule has 3 heterocycles. The van der Waals surface area contributed by atoms with Crippen LogP contribution in [0.5, 0.6) is 0 Å². The van der Waals surface area contributed by atoms with E-state index >= 15 is 0 Å². The smallest absolute Gasteiger partial charge is 0.272 e. The van der Waals surface area contributed by atoms with E-state index in [-0.39, 0.29) is 17.9 Å². The Kier molecular flexibility index (Phi) is 6.12. The minimum atomic E-state index is -0.233. The summed E-state index contributed by atoms with van der Waals surface area (Å²) in [5.41, 5.74) is 2.57. The van der Waals surface area contributed by atoms with E-state index in [0.717, 1.165) is 39.0 Å². The number of nitrogens with one attached hydrogen (secondary N) is 1. The van der Waals surface area contributed by atoms with E-state index in [1.165, 1.54) is 4.88 Å². The van der Waals surface area contributed by atoms with E-state index in [2.05, 4.69) is 45.2 Å². The summed E-state index contributed by atoms with van der Waals surface area (Å²) in [6.45, 7) is 3.53. The maximum absolute atomic E-state index is 13.0. The number of amides is 1. The average Bonchev–Trinajstić information content (AvgIpc) is 3.23. The second-order valence-corrected chi connectivity index (χ2v) is 10.5. The molecule has 1 fully saturated rings. The van der Waals surface area contributed by atoms with Gasteiger partial charge in [-0.1, -0.05) is 46.3 Å². The van der Waals surface area contributed by atoms with Crippen molar-refractivity contribution in [3.8, 4) is 11.3 Å². The van der Waals surface area contributed by atoms with Crippen molar-refractivity contribution in [1.29, 1.82) is 0 Å². The van der Waals surface area contributed by atoms with Crippen molar-refractivity contribution in [2.75, 3.05) is 13.1 Å². The molecule has 1 saturated heterocycles. The van der Waals surface area contributed by atoms with Gasteiger partial charge in [0.25, 0.3) is 5.56 Å². The molecule has 5 rings (SSSR count). The summed E-state index contributed by atoms with van der Waals surface area (Å²) in [5, 5.41) is 9.13. The molecule has 0 radical (unpaired) electrons. The van der Waals surface area contributed by atoms with Gasteiger partial charge in [-0.15, -0.1) is 11.3 Å². The van der Waals surface area contributed by atoms with Gasteiger partial charge in [-0.3, -0.25) is 9.59 Å². The molecule has 1 aliphatic rings. The largest absolute Gasteiger partial charge is 0.342 e. The molecule has 6 nitrogen and oxygen atoms in total. The number of nitrogens with zero attached hydrogens (tertiary/aromatic N) is 3. The van der Waals surface area contributed by atoms with Crippen molar-refractivity contribution < 1.29 is 4.79 Å². The van der Waals surface area contributed by atoms with Gasteiger partial charge >= 0.3 is 0 Å². The van der Waals surface area contributed by atoms with E-state index in [4.69, 9.17) is 4.98 Å². The van der Waals surface area contributed by atoms with Crippen molar-refractivity contribution in [2.24, 2.45) is 0 Å². The summed E-state index contributed by atoms with van der Waals surface area (Å²) in [4.78, 5) is 33.1. The number of thiazole rings is 1. The van der Waals surface area contributed by atoms with Crippen LogP contribution in [0.25, 0.3) is 22.0 Å². The van der Waals surface area contributed by atoms with E-state index in [1.807, 2.05) is 35.2 Å². The lowest BCUT2D eigenvalue weighted by atomic mass is 9.97. The molecular formula is C25H23BrN4O2S. The zero-order valence-corrected chi connectivity index (χ0v) is 20.6. The molecule has 2 aromatic heterocycles. The van der Waals surface area contributed by atoms with Gasteiger partial charge in [0, 0.05) is 39.3 Å². The quantitative estimate of drug-likeness (QED) is 0.406. The Hall–Kier alpha value is -2.84. The van der Waals surface area contributed by atoms with Crippen LogP contribution in [0.4, 0.5) is 0 Å². The number of aryl methyl sites for hydroxylation is 1. The summed E-state index contributed by atoms with van der Waals surface area (Å²) < 4.78 is 1.06. The Labute approximate surface area is 203 Å². The number of fused-ring (bicyclic) bond motifs is 1. The molecule has 0 spiro atoms. The van der Waals surface area contributed by atoms with Gasteiger partial charge in [0.2, 0.25) is 5.91 Å². The fourth-order valence-corrected chi connectivity index (χ4v) is 5.78. The van der Waals surface area contributed by atoms with Crippen molar-refractivity contribution in [1.82, 2.24) is 20.1 Å². The van der Waals surface area contributed by atoms with Crippen LogP contribution in [-0.4, -0.2) is 39.1 Å². The third-order valence-electron chi connectivity index (χ3n) is 6.22. The highest BCUT2D eigenvalue weighted by molar-refractivity contribution is 9.10. The Morgan fingerprint density at radius 2 is 1.82 bits per heavy atom. The number of rotatable bonds is 4. The minimum absolute atomic E-state index is 0.0454. The number of benzene rings is 2. The maximum atomic E-state index is 13.0. The third-order valence-corrected chi connectivity index (χ3v) is 7.88. The van der Waals surface area contributed by atoms with Crippen molar-refractivity contribution in [3.63, 3.8) is 0 Å². The predicted octanol–water partition coefficient (Wildman–Crippen LogP) is 5.07. The molecule has 33 heavy (non-hydrogen) atoms. The second-order valence-electron chi connectivity index (χ2n) is 8.34. The molecule has 0 atom stereocenters. The molecule has 0 aliphatic carbocycles. The van der Waals surface area contributed by atoms with Gasteiger partial charge in [0.1, 0.15) is 0 Å². The van der Waals surface area contributed by atoms with Gasteiger partial charge in [-0.05, 0) is 38.0 Å². The fourth-order valence-electron chi connectivity index (χ4n) is 4.40. The van der Waals surface area contributed by atoms with Crippen LogP contribution in [0, 0.1) is 6.92 Å². The summed E-state index contributed by atoms with van der Waals surface area (Å²) in [6.07, 6.45) is 1.99. The Balaban J connectivity index is 1.26. The Morgan fingerprint density at radius 3 is 2.55 bits per heavy atom. The van der Waals surface area contributed by atoms with E-state index < -0.39 is 0 Å². The van der Waals surface area contributed by atoms with Crippen molar-refractivity contribution in [2.45, 2.75) is 32.1 Å². The zero-order valence-electron chi connectivity index (χ0n) is 18.2. The van der Waals surface area contributed by atoms with Crippen LogP contribution in [0.1, 0.15) is 34.3 Å². The Morgan fingerprint density at radius 1 is 1.12 bits per heavy atom. The summed E-state index contributed by atoms with van der Waals surface area (Å²) in [7, 11) is 0. The van der Waals surface area contributed by atoms with Crippen LogP contribution in [0.15, 0.2) is 57.8 Å². The van der Waals surface area contributed by atoms with Crippen LogP contribution < -0.4 is 5.56 Å². The lowest BCUT2D eigenvalue weighted by Crippen LogP contribution is -2.39. The number of likely N-dealkylation sites (tertiary alicyclic amines) is 1. The minimum Gasteiger partial charge on any atom is -0.342 e. The van der Waals surface area contributed by atoms with Gasteiger partial charge in [0.15, 0.2) is 0 Å². The van der Waals surface area contributed by atoms with Gasteiger partial charge in [0.05, 0.1) is 28.2 Å². The normalized spacial score (nSPS) is 14.7. The topological polar surface area (TPSA) is 79.0 Å². The molecule has 168 valence electrons. The maximum Gasteiger partial charge on any atom is 0.272 e. The molecule has 1 amide bonds. The number of hydrogen-bond acceptors (Lipinski definition) is 5. The van der Waals surface area contributed by atoms with Crippen LogP contribution in [0.2, 0.25) is 0 Å². The van der Waals surface area contributed by atoms with Crippen LogP contribution in [0.3, 0.4) is 0 Å². The standard InChI is InChI=1S/C25H23BrN4O2S/c1-15-23(16-6-8-18(26)9-7-16)27-25(33-15)17-10-12-30(13-11-17)22(31)14-21-19-4-2-3-5-20(19)24(32)29-28-21/h2-9,17H,10-14H2,1H3,(H,29,32). The average molecular weight is 523 g/mol. The molecule has 1 N–H and O–H groups in total. The highest BCUT2D eigenvalue weighted by atomic mass is 79.9. The highest BCUT2D eigenvalue weighted by Crippen LogP contribution is 2.36. The SMILES string of the molecule is Cc1sc(C2CCN(C(=O)Cc3n[nH]c(=O)c4ccccc34)CC2)nc1-c1ccc(Br)cc1. The number of H-pyrrole nitrogens is 1.